The molecular formula is C17H23NO6S. The second kappa shape index (κ2) is 7.97. The zero-order valence-electron chi connectivity index (χ0n) is 14.6. The molecule has 0 bridgehead atoms. The number of rotatable bonds is 5. The lowest BCUT2D eigenvalue weighted by Gasteiger charge is -2.26. The molecule has 0 amide bonds. The fourth-order valence-corrected chi connectivity index (χ4v) is 4.46. The standard InChI is InChI=1S/C17H23NO6S/c1-12-7-8-14(17(20)24-13(2)16(19)23-3)11-15(12)25(21,22)18-9-5-4-6-10-18/h7-8,11,13H,4-6,9-10H2,1-3H3. The molecule has 138 valence electrons. The number of nitrogens with zero attached hydrogens (tertiary/aromatic N) is 1. The van der Waals surface area contributed by atoms with E-state index in [1.807, 2.05) is 0 Å². The molecule has 0 saturated carbocycles. The van der Waals surface area contributed by atoms with Crippen molar-refractivity contribution in [3.8, 4) is 0 Å². The Morgan fingerprint density at radius 3 is 2.40 bits per heavy atom. The van der Waals surface area contributed by atoms with Crippen molar-refractivity contribution in [2.24, 2.45) is 0 Å². The van der Waals surface area contributed by atoms with Crippen LogP contribution in [0.5, 0.6) is 0 Å². The zero-order valence-corrected chi connectivity index (χ0v) is 15.5. The van der Waals surface area contributed by atoms with Crippen LogP contribution in [-0.4, -0.2) is 51.0 Å². The van der Waals surface area contributed by atoms with Crippen LogP contribution < -0.4 is 0 Å². The zero-order chi connectivity index (χ0) is 18.6. The van der Waals surface area contributed by atoms with Crippen LogP contribution in [-0.2, 0) is 24.3 Å². The predicted molar refractivity (Wildman–Crippen MR) is 90.7 cm³/mol. The summed E-state index contributed by atoms with van der Waals surface area (Å²) in [6, 6.07) is 4.36. The molecule has 0 aliphatic carbocycles. The second-order valence-electron chi connectivity index (χ2n) is 6.02. The molecule has 7 nitrogen and oxygen atoms in total. The van der Waals surface area contributed by atoms with E-state index >= 15 is 0 Å². The van der Waals surface area contributed by atoms with Crippen LogP contribution in [0.4, 0.5) is 0 Å². The Labute approximate surface area is 148 Å². The van der Waals surface area contributed by atoms with Gasteiger partial charge in [0.2, 0.25) is 10.0 Å². The molecule has 2 rings (SSSR count). The van der Waals surface area contributed by atoms with E-state index in [1.54, 1.807) is 13.0 Å². The Morgan fingerprint density at radius 2 is 1.80 bits per heavy atom. The van der Waals surface area contributed by atoms with E-state index in [4.69, 9.17) is 4.74 Å². The molecule has 0 aromatic heterocycles. The first-order valence-electron chi connectivity index (χ1n) is 8.17. The number of hydrogen-bond acceptors (Lipinski definition) is 6. The maximum Gasteiger partial charge on any atom is 0.346 e. The highest BCUT2D eigenvalue weighted by Crippen LogP contribution is 2.24. The molecule has 1 aliphatic heterocycles. The number of aryl methyl sites for hydroxylation is 1. The normalized spacial score (nSPS) is 16.9. The summed E-state index contributed by atoms with van der Waals surface area (Å²) in [5.74, 6) is -1.45. The minimum Gasteiger partial charge on any atom is -0.466 e. The smallest absolute Gasteiger partial charge is 0.346 e. The molecule has 1 heterocycles. The second-order valence-corrected chi connectivity index (χ2v) is 7.92. The van der Waals surface area contributed by atoms with Crippen LogP contribution in [0.3, 0.4) is 0 Å². The van der Waals surface area contributed by atoms with Gasteiger partial charge in [0.1, 0.15) is 0 Å². The van der Waals surface area contributed by atoms with Crippen LogP contribution in [0.15, 0.2) is 23.1 Å². The Balaban J connectivity index is 2.28. The first-order chi connectivity index (χ1) is 11.8. The minimum atomic E-state index is -3.66. The van der Waals surface area contributed by atoms with Gasteiger partial charge in [0.25, 0.3) is 0 Å². The third-order valence-corrected chi connectivity index (χ3v) is 6.21. The summed E-state index contributed by atoms with van der Waals surface area (Å²) in [7, 11) is -2.47. The summed E-state index contributed by atoms with van der Waals surface area (Å²) >= 11 is 0. The van der Waals surface area contributed by atoms with Gasteiger partial charge in [-0.1, -0.05) is 12.5 Å². The van der Waals surface area contributed by atoms with Gasteiger partial charge in [0, 0.05) is 13.1 Å². The van der Waals surface area contributed by atoms with Crippen LogP contribution in [0.1, 0.15) is 42.1 Å². The highest BCUT2D eigenvalue weighted by molar-refractivity contribution is 7.89. The van der Waals surface area contributed by atoms with Gasteiger partial charge in [-0.05, 0) is 44.4 Å². The average Bonchev–Trinajstić information content (AvgIpc) is 2.61. The first-order valence-corrected chi connectivity index (χ1v) is 9.61. The lowest BCUT2D eigenvalue weighted by molar-refractivity contribution is -0.149. The summed E-state index contributed by atoms with van der Waals surface area (Å²) in [6.07, 6.45) is 1.61. The van der Waals surface area contributed by atoms with Crippen LogP contribution in [0.25, 0.3) is 0 Å². The van der Waals surface area contributed by atoms with Crippen LogP contribution in [0.2, 0.25) is 0 Å². The lowest BCUT2D eigenvalue weighted by atomic mass is 10.1. The van der Waals surface area contributed by atoms with Crippen molar-refractivity contribution in [2.45, 2.75) is 44.1 Å². The number of hydrogen-bond donors (Lipinski definition) is 0. The predicted octanol–water partition coefficient (Wildman–Crippen LogP) is 1.89. The number of carbonyl (C=O) groups is 2. The third kappa shape index (κ3) is 4.38. The van der Waals surface area contributed by atoms with Gasteiger partial charge in [-0.25, -0.2) is 18.0 Å². The van der Waals surface area contributed by atoms with Crippen molar-refractivity contribution >= 4 is 22.0 Å². The first kappa shape index (κ1) is 19.4. The van der Waals surface area contributed by atoms with E-state index in [0.29, 0.717) is 18.7 Å². The van der Waals surface area contributed by atoms with Gasteiger partial charge >= 0.3 is 11.9 Å². The number of piperidine rings is 1. The monoisotopic (exact) mass is 369 g/mol. The van der Waals surface area contributed by atoms with E-state index in [-0.39, 0.29) is 10.5 Å². The number of benzene rings is 1. The molecular weight excluding hydrogens is 346 g/mol. The van der Waals surface area contributed by atoms with Crippen molar-refractivity contribution in [1.29, 1.82) is 0 Å². The van der Waals surface area contributed by atoms with Crippen molar-refractivity contribution in [3.05, 3.63) is 29.3 Å². The molecule has 25 heavy (non-hydrogen) atoms. The maximum atomic E-state index is 12.9. The SMILES string of the molecule is COC(=O)C(C)OC(=O)c1ccc(C)c(S(=O)(=O)N2CCCCC2)c1. The van der Waals surface area contributed by atoms with E-state index in [1.165, 1.54) is 30.5 Å². The summed E-state index contributed by atoms with van der Waals surface area (Å²) < 4.78 is 36.7. The van der Waals surface area contributed by atoms with E-state index in [2.05, 4.69) is 4.74 Å². The minimum absolute atomic E-state index is 0.0805. The Kier molecular flexibility index (Phi) is 6.18. The van der Waals surface area contributed by atoms with E-state index in [9.17, 15) is 18.0 Å². The Hall–Kier alpha value is -1.93. The Morgan fingerprint density at radius 1 is 1.16 bits per heavy atom. The largest absolute Gasteiger partial charge is 0.466 e. The van der Waals surface area contributed by atoms with Gasteiger partial charge in [0.05, 0.1) is 17.6 Å². The van der Waals surface area contributed by atoms with Gasteiger partial charge < -0.3 is 9.47 Å². The molecule has 0 N–H and O–H groups in total. The summed E-state index contributed by atoms with van der Waals surface area (Å²) in [4.78, 5) is 23.7. The maximum absolute atomic E-state index is 12.9. The fraction of sp³-hybridized carbons (Fsp3) is 0.529. The highest BCUT2D eigenvalue weighted by atomic mass is 32.2. The molecule has 1 saturated heterocycles. The van der Waals surface area contributed by atoms with Crippen molar-refractivity contribution in [2.75, 3.05) is 20.2 Å². The quantitative estimate of drug-likeness (QED) is 0.736. The summed E-state index contributed by atoms with van der Waals surface area (Å²) in [5.41, 5.74) is 0.639. The fourth-order valence-electron chi connectivity index (χ4n) is 2.69. The van der Waals surface area contributed by atoms with Crippen molar-refractivity contribution in [3.63, 3.8) is 0 Å². The van der Waals surface area contributed by atoms with Crippen LogP contribution >= 0.6 is 0 Å². The van der Waals surface area contributed by atoms with Gasteiger partial charge in [-0.15, -0.1) is 0 Å². The summed E-state index contributed by atoms with van der Waals surface area (Å²) in [6.45, 7) is 4.04. The highest BCUT2D eigenvalue weighted by Gasteiger charge is 2.28. The number of esters is 2. The van der Waals surface area contributed by atoms with Crippen LogP contribution in [0, 0.1) is 6.92 Å². The molecule has 1 aromatic rings. The lowest BCUT2D eigenvalue weighted by Crippen LogP contribution is -2.36. The third-order valence-electron chi connectivity index (χ3n) is 4.17. The molecule has 8 heteroatoms. The number of sulfonamides is 1. The average molecular weight is 369 g/mol. The van der Waals surface area contributed by atoms with E-state index in [0.717, 1.165) is 19.3 Å². The van der Waals surface area contributed by atoms with Gasteiger partial charge in [-0.3, -0.25) is 0 Å². The van der Waals surface area contributed by atoms with Crippen molar-refractivity contribution < 1.29 is 27.5 Å². The summed E-state index contributed by atoms with van der Waals surface area (Å²) in [5, 5.41) is 0. The Bertz CT molecular complexity index is 752. The molecule has 1 aromatic carbocycles. The van der Waals surface area contributed by atoms with Gasteiger partial charge in [-0.2, -0.15) is 4.31 Å². The van der Waals surface area contributed by atoms with Crippen molar-refractivity contribution in [1.82, 2.24) is 4.31 Å². The van der Waals surface area contributed by atoms with Gasteiger partial charge in [0.15, 0.2) is 6.10 Å². The topological polar surface area (TPSA) is 90.0 Å². The molecule has 1 atom stereocenters. The molecule has 1 aliphatic rings. The molecule has 0 radical (unpaired) electrons. The number of carbonyl (C=O) groups excluding carboxylic acids is 2. The number of ether oxygens (including phenoxy) is 2. The molecule has 0 spiro atoms. The number of methoxy groups -OCH3 is 1. The molecule has 1 fully saturated rings. The van der Waals surface area contributed by atoms with E-state index < -0.39 is 28.1 Å². The molecule has 1 unspecified atom stereocenters.